The summed E-state index contributed by atoms with van der Waals surface area (Å²) >= 11 is 1.90. The second-order valence-electron chi connectivity index (χ2n) is 15.3. The molecule has 0 amide bonds. The molecule has 0 bridgehead atoms. The molecule has 0 aliphatic heterocycles. The molecule has 0 aliphatic rings. The summed E-state index contributed by atoms with van der Waals surface area (Å²) in [7, 11) is 0. The van der Waals surface area contributed by atoms with Crippen LogP contribution in [0.3, 0.4) is 0 Å². The summed E-state index contributed by atoms with van der Waals surface area (Å²) in [5.41, 5.74) is 15.2. The Hall–Kier alpha value is -7.00. The van der Waals surface area contributed by atoms with Gasteiger partial charge in [0.1, 0.15) is 0 Å². The topological polar surface area (TPSA) is 4.93 Å². The molecule has 2 heteroatoms. The Labute approximate surface area is 342 Å². The maximum Gasteiger partial charge on any atom is 0.0541 e. The maximum absolute atomic E-state index is 2.39. The van der Waals surface area contributed by atoms with E-state index >= 15 is 0 Å². The zero-order valence-corrected chi connectivity index (χ0v) is 32.7. The quantitative estimate of drug-likeness (QED) is 0.145. The van der Waals surface area contributed by atoms with Gasteiger partial charge in [-0.2, -0.15) is 0 Å². The summed E-state index contributed by atoms with van der Waals surface area (Å²) in [6.45, 7) is 0. The van der Waals surface area contributed by atoms with Crippen LogP contribution in [-0.2, 0) is 6.42 Å². The number of fused-ring (bicyclic) bond motifs is 6. The van der Waals surface area contributed by atoms with Gasteiger partial charge >= 0.3 is 0 Å². The van der Waals surface area contributed by atoms with E-state index < -0.39 is 0 Å². The van der Waals surface area contributed by atoms with Crippen LogP contribution in [0.5, 0.6) is 0 Å². The van der Waals surface area contributed by atoms with Gasteiger partial charge in [-0.1, -0.05) is 176 Å². The van der Waals surface area contributed by atoms with Crippen molar-refractivity contribution in [2.75, 3.05) is 0 Å². The molecule has 0 radical (unpaired) electrons. The van der Waals surface area contributed by atoms with Crippen LogP contribution < -0.4 is 0 Å². The molecule has 2 heterocycles. The highest BCUT2D eigenvalue weighted by atomic mass is 32.1. The molecule has 11 aromatic rings. The maximum atomic E-state index is 2.39. The van der Waals surface area contributed by atoms with Gasteiger partial charge < -0.3 is 4.57 Å². The molecule has 0 aliphatic carbocycles. The predicted octanol–water partition coefficient (Wildman–Crippen LogP) is 15.5. The van der Waals surface area contributed by atoms with Crippen molar-refractivity contribution in [3.8, 4) is 39.1 Å². The van der Waals surface area contributed by atoms with Gasteiger partial charge in [-0.05, 0) is 99.0 Å². The molecule has 9 aromatic carbocycles. The predicted molar refractivity (Wildman–Crippen MR) is 248 cm³/mol. The summed E-state index contributed by atoms with van der Waals surface area (Å²) in [6.07, 6.45) is 0.929. The van der Waals surface area contributed by atoms with Crippen LogP contribution in [0.2, 0.25) is 0 Å². The molecule has 0 spiro atoms. The van der Waals surface area contributed by atoms with Crippen molar-refractivity contribution in [3.05, 3.63) is 235 Å². The molecule has 0 saturated heterocycles. The highest BCUT2D eigenvalue weighted by Crippen LogP contribution is 2.43. The minimum absolute atomic E-state index is 0.252. The number of hydrogen-bond donors (Lipinski definition) is 0. The third-order valence-corrected chi connectivity index (χ3v) is 13.0. The molecule has 0 saturated carbocycles. The molecule has 1 atom stereocenters. The van der Waals surface area contributed by atoms with E-state index in [2.05, 4.69) is 223 Å². The van der Waals surface area contributed by atoms with Crippen LogP contribution in [0, 0.1) is 0 Å². The fourth-order valence-electron chi connectivity index (χ4n) is 8.95. The van der Waals surface area contributed by atoms with E-state index in [1.165, 1.54) is 97.7 Å². The number of benzene rings is 9. The number of hydrogen-bond acceptors (Lipinski definition) is 1. The molecule has 2 aromatic heterocycles. The SMILES string of the molecule is c1ccc(-c2cccc(C(Cc3ccc(-c4ccc5sc6c(-c7ccc8c(c7)c7ccccc7n8-c7ccccc7)cccc6c5c4)cc3)c3ccccc3)c2)cc1. The molecular weight excluding hydrogens is 719 g/mol. The van der Waals surface area contributed by atoms with E-state index in [1.54, 1.807) is 0 Å². The zero-order valence-electron chi connectivity index (χ0n) is 31.9. The van der Waals surface area contributed by atoms with E-state index in [0.717, 1.165) is 6.42 Å². The summed E-state index contributed by atoms with van der Waals surface area (Å²) < 4.78 is 5.03. The monoisotopic (exact) mass is 757 g/mol. The first-order valence-corrected chi connectivity index (χ1v) is 20.9. The van der Waals surface area contributed by atoms with Gasteiger partial charge in [0, 0.05) is 42.6 Å². The number of thiophene rings is 1. The molecule has 274 valence electrons. The van der Waals surface area contributed by atoms with Crippen LogP contribution >= 0.6 is 11.3 Å². The van der Waals surface area contributed by atoms with Crippen LogP contribution in [0.1, 0.15) is 22.6 Å². The highest BCUT2D eigenvalue weighted by molar-refractivity contribution is 7.26. The van der Waals surface area contributed by atoms with Crippen LogP contribution in [0.15, 0.2) is 218 Å². The minimum Gasteiger partial charge on any atom is -0.309 e. The number of nitrogens with zero attached hydrogens (tertiary/aromatic N) is 1. The van der Waals surface area contributed by atoms with E-state index in [-0.39, 0.29) is 5.92 Å². The second kappa shape index (κ2) is 14.5. The van der Waals surface area contributed by atoms with Gasteiger partial charge in [-0.3, -0.25) is 0 Å². The van der Waals surface area contributed by atoms with Gasteiger partial charge in [0.25, 0.3) is 0 Å². The van der Waals surface area contributed by atoms with Crippen molar-refractivity contribution in [2.24, 2.45) is 0 Å². The van der Waals surface area contributed by atoms with E-state index in [0.29, 0.717) is 0 Å². The van der Waals surface area contributed by atoms with E-state index in [9.17, 15) is 0 Å². The number of para-hydroxylation sites is 2. The van der Waals surface area contributed by atoms with E-state index in [4.69, 9.17) is 0 Å². The van der Waals surface area contributed by atoms with Crippen molar-refractivity contribution < 1.29 is 0 Å². The van der Waals surface area contributed by atoms with Crippen LogP contribution in [-0.4, -0.2) is 4.57 Å². The van der Waals surface area contributed by atoms with Gasteiger partial charge in [0.2, 0.25) is 0 Å². The Kier molecular flexibility index (Phi) is 8.56. The lowest BCUT2D eigenvalue weighted by molar-refractivity contribution is 0.805. The third kappa shape index (κ3) is 6.10. The third-order valence-electron chi connectivity index (χ3n) is 11.8. The largest absolute Gasteiger partial charge is 0.309 e. The molecular formula is C56H39NS. The average Bonchev–Trinajstić information content (AvgIpc) is 3.84. The van der Waals surface area contributed by atoms with Gasteiger partial charge in [-0.15, -0.1) is 11.3 Å². The molecule has 1 nitrogen and oxygen atoms in total. The Morgan fingerprint density at radius 3 is 1.79 bits per heavy atom. The van der Waals surface area contributed by atoms with Crippen LogP contribution in [0.25, 0.3) is 81.0 Å². The standard InChI is InChI=1S/C56H39NS/c1-4-14-39(15-5-1)42-18-12-19-44(35-42)50(41-16-6-2-7-17-41)34-38-26-28-40(29-27-38)43-31-33-55-52(36-43)49-24-13-23-47(56(49)58-55)45-30-32-54-51(37-45)48-22-10-11-25-53(48)57(54)46-20-8-3-9-21-46/h1-33,35-37,50H,34H2. The first-order chi connectivity index (χ1) is 28.7. The lowest BCUT2D eigenvalue weighted by atomic mass is 9.84. The van der Waals surface area contributed by atoms with Crippen molar-refractivity contribution in [1.82, 2.24) is 4.57 Å². The Balaban J connectivity index is 0.924. The Morgan fingerprint density at radius 1 is 0.379 bits per heavy atom. The summed E-state index contributed by atoms with van der Waals surface area (Å²) in [5, 5.41) is 5.17. The molecule has 58 heavy (non-hydrogen) atoms. The second-order valence-corrected chi connectivity index (χ2v) is 16.3. The average molecular weight is 758 g/mol. The van der Waals surface area contributed by atoms with Crippen molar-refractivity contribution >= 4 is 53.3 Å². The smallest absolute Gasteiger partial charge is 0.0541 e. The normalized spacial score (nSPS) is 12.1. The van der Waals surface area contributed by atoms with E-state index in [1.807, 2.05) is 11.3 Å². The molecule has 0 N–H and O–H groups in total. The zero-order chi connectivity index (χ0) is 38.4. The Morgan fingerprint density at radius 2 is 0.966 bits per heavy atom. The summed E-state index contributed by atoms with van der Waals surface area (Å²) in [5.74, 6) is 0.252. The number of aromatic nitrogens is 1. The minimum atomic E-state index is 0.252. The Bertz CT molecular complexity index is 3230. The summed E-state index contributed by atoms with van der Waals surface area (Å²) in [6, 6.07) is 80.2. The van der Waals surface area contributed by atoms with Gasteiger partial charge in [-0.25, -0.2) is 0 Å². The van der Waals surface area contributed by atoms with Gasteiger partial charge in [0.05, 0.1) is 11.0 Å². The lowest BCUT2D eigenvalue weighted by Gasteiger charge is -2.20. The van der Waals surface area contributed by atoms with Gasteiger partial charge in [0.15, 0.2) is 0 Å². The first-order valence-electron chi connectivity index (χ1n) is 20.1. The first kappa shape index (κ1) is 34.3. The molecule has 1 unspecified atom stereocenters. The molecule has 0 fully saturated rings. The number of rotatable bonds is 8. The fourth-order valence-corrected chi connectivity index (χ4v) is 10.2. The fraction of sp³-hybridized carbons (Fsp3) is 0.0357. The van der Waals surface area contributed by atoms with Crippen molar-refractivity contribution in [2.45, 2.75) is 12.3 Å². The molecule has 11 rings (SSSR count). The summed E-state index contributed by atoms with van der Waals surface area (Å²) in [4.78, 5) is 0. The highest BCUT2D eigenvalue weighted by Gasteiger charge is 2.18. The lowest BCUT2D eigenvalue weighted by Crippen LogP contribution is -2.05. The van der Waals surface area contributed by atoms with Crippen molar-refractivity contribution in [1.29, 1.82) is 0 Å². The van der Waals surface area contributed by atoms with Crippen LogP contribution in [0.4, 0.5) is 0 Å². The van der Waals surface area contributed by atoms with Crippen molar-refractivity contribution in [3.63, 3.8) is 0 Å².